The number of rotatable bonds is 1. The molecule has 0 aliphatic carbocycles. The quantitative estimate of drug-likeness (QED) is 0.770. The Balaban J connectivity index is 2.23. The molecule has 1 aliphatic rings. The van der Waals surface area contributed by atoms with Crippen molar-refractivity contribution in [3.63, 3.8) is 0 Å². The van der Waals surface area contributed by atoms with Gasteiger partial charge >= 0.3 is 0 Å². The van der Waals surface area contributed by atoms with Crippen molar-refractivity contribution in [2.75, 3.05) is 17.6 Å². The molecule has 0 atom stereocenters. The van der Waals surface area contributed by atoms with Crippen molar-refractivity contribution >= 4 is 22.6 Å². The third-order valence-corrected chi connectivity index (χ3v) is 2.93. The van der Waals surface area contributed by atoms with Crippen LogP contribution in [-0.2, 0) is 0 Å². The van der Waals surface area contributed by atoms with E-state index < -0.39 is 0 Å². The van der Waals surface area contributed by atoms with Crippen LogP contribution in [0.1, 0.15) is 5.56 Å². The molecular formula is C10H11FN2S. The van der Waals surface area contributed by atoms with Crippen LogP contribution in [0.15, 0.2) is 23.2 Å². The standard InChI is InChI=1S/C10H11FN2S/c1-7-3-2-4-8(11)9(7)13-10-12-5-6-14-10/h2-4H,5-6H2,1H3,(H,12,13). The van der Waals surface area contributed by atoms with E-state index in [2.05, 4.69) is 10.3 Å². The van der Waals surface area contributed by atoms with E-state index in [0.717, 1.165) is 23.0 Å². The van der Waals surface area contributed by atoms with Crippen LogP contribution in [0, 0.1) is 12.7 Å². The molecule has 2 rings (SSSR count). The molecule has 0 saturated heterocycles. The number of benzene rings is 1. The smallest absolute Gasteiger partial charge is 0.161 e. The fourth-order valence-electron chi connectivity index (χ4n) is 1.31. The Morgan fingerprint density at radius 2 is 2.36 bits per heavy atom. The summed E-state index contributed by atoms with van der Waals surface area (Å²) in [7, 11) is 0. The third-order valence-electron chi connectivity index (χ3n) is 2.04. The first-order valence-corrected chi connectivity index (χ1v) is 5.45. The van der Waals surface area contributed by atoms with Crippen LogP contribution in [0.5, 0.6) is 0 Å². The number of thioether (sulfide) groups is 1. The number of nitrogens with one attached hydrogen (secondary N) is 1. The number of hydrogen-bond acceptors (Lipinski definition) is 3. The van der Waals surface area contributed by atoms with Gasteiger partial charge < -0.3 is 5.32 Å². The van der Waals surface area contributed by atoms with Gasteiger partial charge in [0, 0.05) is 5.75 Å². The largest absolute Gasteiger partial charge is 0.332 e. The Hall–Kier alpha value is -1.03. The van der Waals surface area contributed by atoms with E-state index in [0.29, 0.717) is 5.69 Å². The maximum Gasteiger partial charge on any atom is 0.161 e. The highest BCUT2D eigenvalue weighted by atomic mass is 32.2. The van der Waals surface area contributed by atoms with Crippen molar-refractivity contribution in [1.82, 2.24) is 0 Å². The van der Waals surface area contributed by atoms with Crippen LogP contribution in [0.25, 0.3) is 0 Å². The highest BCUT2D eigenvalue weighted by molar-refractivity contribution is 8.14. The van der Waals surface area contributed by atoms with Crippen molar-refractivity contribution in [2.24, 2.45) is 4.99 Å². The zero-order valence-corrected chi connectivity index (χ0v) is 8.70. The maximum atomic E-state index is 13.4. The van der Waals surface area contributed by atoms with Gasteiger partial charge in [0.05, 0.1) is 12.2 Å². The topological polar surface area (TPSA) is 24.4 Å². The Morgan fingerprint density at radius 3 is 3.00 bits per heavy atom. The molecule has 1 N–H and O–H groups in total. The van der Waals surface area contributed by atoms with Crippen LogP contribution in [0.4, 0.5) is 10.1 Å². The molecule has 0 aromatic heterocycles. The fourth-order valence-corrected chi connectivity index (χ4v) is 2.04. The number of anilines is 1. The van der Waals surface area contributed by atoms with Gasteiger partial charge in [0.1, 0.15) is 5.82 Å². The van der Waals surface area contributed by atoms with Crippen molar-refractivity contribution in [3.05, 3.63) is 29.6 Å². The lowest BCUT2D eigenvalue weighted by atomic mass is 10.2. The second-order valence-corrected chi connectivity index (χ2v) is 4.18. The van der Waals surface area contributed by atoms with Crippen molar-refractivity contribution in [2.45, 2.75) is 6.92 Å². The first-order valence-electron chi connectivity index (χ1n) is 4.47. The zero-order chi connectivity index (χ0) is 9.97. The summed E-state index contributed by atoms with van der Waals surface area (Å²) in [5, 5.41) is 3.83. The highest BCUT2D eigenvalue weighted by Crippen LogP contribution is 2.22. The predicted octanol–water partition coefficient (Wildman–Crippen LogP) is 2.65. The second kappa shape index (κ2) is 4.00. The lowest BCUT2D eigenvalue weighted by Gasteiger charge is -2.08. The van der Waals surface area contributed by atoms with Gasteiger partial charge in [-0.3, -0.25) is 4.99 Å². The molecule has 0 spiro atoms. The summed E-state index contributed by atoms with van der Waals surface area (Å²) in [6.45, 7) is 2.70. The molecular weight excluding hydrogens is 199 g/mol. The summed E-state index contributed by atoms with van der Waals surface area (Å²) in [5.41, 5.74) is 1.45. The van der Waals surface area contributed by atoms with Gasteiger partial charge in [0.25, 0.3) is 0 Å². The van der Waals surface area contributed by atoms with Crippen molar-refractivity contribution in [1.29, 1.82) is 0 Å². The summed E-state index contributed by atoms with van der Waals surface area (Å²) >= 11 is 1.63. The molecule has 0 unspecified atom stereocenters. The van der Waals surface area contributed by atoms with E-state index >= 15 is 0 Å². The average Bonchev–Trinajstić information content (AvgIpc) is 2.64. The molecule has 0 radical (unpaired) electrons. The minimum Gasteiger partial charge on any atom is -0.332 e. The Labute approximate surface area is 86.6 Å². The van der Waals surface area contributed by atoms with Crippen molar-refractivity contribution in [3.8, 4) is 0 Å². The first-order chi connectivity index (χ1) is 6.77. The number of para-hydroxylation sites is 1. The Bertz CT molecular complexity index is 356. The van der Waals surface area contributed by atoms with E-state index in [4.69, 9.17) is 0 Å². The lowest BCUT2D eigenvalue weighted by Crippen LogP contribution is -2.08. The van der Waals surface area contributed by atoms with E-state index in [1.54, 1.807) is 17.8 Å². The van der Waals surface area contributed by atoms with Gasteiger partial charge in [-0.25, -0.2) is 4.39 Å². The van der Waals surface area contributed by atoms with Crippen LogP contribution >= 0.6 is 11.8 Å². The fraction of sp³-hybridized carbons (Fsp3) is 0.300. The molecule has 0 amide bonds. The molecule has 1 heterocycles. The molecule has 2 nitrogen and oxygen atoms in total. The summed E-state index contributed by atoms with van der Waals surface area (Å²) in [5.74, 6) is 0.760. The molecule has 4 heteroatoms. The summed E-state index contributed by atoms with van der Waals surface area (Å²) in [4.78, 5) is 4.22. The number of hydrogen-bond donors (Lipinski definition) is 1. The molecule has 1 aromatic rings. The highest BCUT2D eigenvalue weighted by Gasteiger charge is 2.11. The zero-order valence-electron chi connectivity index (χ0n) is 7.88. The molecule has 1 aliphatic heterocycles. The molecule has 0 bridgehead atoms. The van der Waals surface area contributed by atoms with Gasteiger partial charge in [-0.1, -0.05) is 23.9 Å². The second-order valence-electron chi connectivity index (χ2n) is 3.09. The molecule has 14 heavy (non-hydrogen) atoms. The molecule has 0 saturated carbocycles. The first kappa shape index (κ1) is 9.52. The third kappa shape index (κ3) is 1.90. The molecule has 1 aromatic carbocycles. The SMILES string of the molecule is Cc1cccc(F)c1NC1=NCCS1. The lowest BCUT2D eigenvalue weighted by molar-refractivity contribution is 0.631. The van der Waals surface area contributed by atoms with Crippen LogP contribution in [0.2, 0.25) is 0 Å². The van der Waals surface area contributed by atoms with Gasteiger partial charge in [-0.15, -0.1) is 0 Å². The summed E-state index contributed by atoms with van der Waals surface area (Å²) in [6, 6.07) is 5.04. The Kier molecular flexibility index (Phi) is 2.72. The van der Waals surface area contributed by atoms with Crippen LogP contribution in [0.3, 0.4) is 0 Å². The van der Waals surface area contributed by atoms with Gasteiger partial charge in [-0.05, 0) is 18.6 Å². The average molecular weight is 210 g/mol. The molecule has 0 fully saturated rings. The number of aryl methyl sites for hydroxylation is 1. The van der Waals surface area contributed by atoms with E-state index in [-0.39, 0.29) is 5.82 Å². The minimum absolute atomic E-state index is 0.222. The number of nitrogens with zero attached hydrogens (tertiary/aromatic N) is 1. The van der Waals surface area contributed by atoms with E-state index in [1.807, 2.05) is 13.0 Å². The minimum atomic E-state index is -0.222. The maximum absolute atomic E-state index is 13.4. The van der Waals surface area contributed by atoms with E-state index in [1.165, 1.54) is 6.07 Å². The predicted molar refractivity (Wildman–Crippen MR) is 59.5 cm³/mol. The van der Waals surface area contributed by atoms with Gasteiger partial charge in [0.2, 0.25) is 0 Å². The normalized spacial score (nSPS) is 15.4. The van der Waals surface area contributed by atoms with Gasteiger partial charge in [0.15, 0.2) is 5.17 Å². The summed E-state index contributed by atoms with van der Waals surface area (Å²) in [6.07, 6.45) is 0. The Morgan fingerprint density at radius 1 is 1.50 bits per heavy atom. The monoisotopic (exact) mass is 210 g/mol. The molecule has 74 valence electrons. The van der Waals surface area contributed by atoms with Crippen LogP contribution in [-0.4, -0.2) is 17.5 Å². The number of aliphatic imine (C=N–C) groups is 1. The number of amidine groups is 1. The van der Waals surface area contributed by atoms with Crippen LogP contribution < -0.4 is 5.32 Å². The van der Waals surface area contributed by atoms with Gasteiger partial charge in [-0.2, -0.15) is 0 Å². The summed E-state index contributed by atoms with van der Waals surface area (Å²) < 4.78 is 13.4. The number of halogens is 1. The van der Waals surface area contributed by atoms with E-state index in [9.17, 15) is 4.39 Å². The van der Waals surface area contributed by atoms with Crippen molar-refractivity contribution < 1.29 is 4.39 Å².